The van der Waals surface area contributed by atoms with Crippen LogP contribution in [0.4, 0.5) is 5.69 Å². The zero-order valence-electron chi connectivity index (χ0n) is 21.2. The van der Waals surface area contributed by atoms with Gasteiger partial charge in [0.25, 0.3) is 0 Å². The van der Waals surface area contributed by atoms with Crippen LogP contribution < -0.4 is 5.32 Å². The van der Waals surface area contributed by atoms with E-state index in [0.717, 1.165) is 17.6 Å². The Morgan fingerprint density at radius 1 is 0.946 bits per heavy atom. The third-order valence-corrected chi connectivity index (χ3v) is 6.20. The Labute approximate surface area is 223 Å². The largest absolute Gasteiger partial charge is 0.480 e. The smallest absolute Gasteiger partial charge is 0.317 e. The number of carboxylic acids is 3. The normalized spacial score (nSPS) is 18.8. The Bertz CT molecular complexity index is 906. The number of ether oxygens (including phenoxy) is 1. The van der Waals surface area contributed by atoms with Crippen molar-refractivity contribution in [2.45, 2.75) is 25.7 Å². The second-order valence-corrected chi connectivity index (χ2v) is 9.37. The molecule has 1 aromatic carbocycles. The zero-order valence-corrected chi connectivity index (χ0v) is 22.0. The lowest BCUT2D eigenvalue weighted by Gasteiger charge is -2.36. The van der Waals surface area contributed by atoms with Gasteiger partial charge < -0.3 is 25.4 Å². The third-order valence-electron chi connectivity index (χ3n) is 5.93. The first-order chi connectivity index (χ1) is 17.7. The van der Waals surface area contributed by atoms with Crippen LogP contribution in [0.15, 0.2) is 24.3 Å². The number of carboxylic acid groups (broad SMARTS) is 3. The minimum Gasteiger partial charge on any atom is -0.480 e. The number of hydrogen-bond donors (Lipinski definition) is 4. The lowest BCUT2D eigenvalue weighted by atomic mass is 9.75. The van der Waals surface area contributed by atoms with Gasteiger partial charge in [-0.25, -0.2) is 0 Å². The lowest BCUT2D eigenvalue weighted by molar-refractivity contribution is -0.141. The third kappa shape index (κ3) is 12.5. The molecule has 0 aliphatic carbocycles. The lowest BCUT2D eigenvalue weighted by Crippen LogP contribution is -2.51. The second-order valence-electron chi connectivity index (χ2n) is 8.93. The number of nitrogens with one attached hydrogen (secondary N) is 1. The average Bonchev–Trinajstić information content (AvgIpc) is 2.80. The van der Waals surface area contributed by atoms with Crippen LogP contribution in [-0.4, -0.2) is 132 Å². The Morgan fingerprint density at radius 2 is 1.54 bits per heavy atom. The van der Waals surface area contributed by atoms with E-state index in [1.807, 2.05) is 43.4 Å². The predicted octanol–water partition coefficient (Wildman–Crippen LogP) is 0.627. The van der Waals surface area contributed by atoms with Crippen LogP contribution in [0.25, 0.3) is 0 Å². The summed E-state index contributed by atoms with van der Waals surface area (Å²) in [6.07, 6.45) is 1.32. The van der Waals surface area contributed by atoms with E-state index < -0.39 is 17.9 Å². The first-order valence-corrected chi connectivity index (χ1v) is 12.7. The van der Waals surface area contributed by atoms with Gasteiger partial charge >= 0.3 is 17.9 Å². The molecule has 0 spiro atoms. The van der Waals surface area contributed by atoms with Gasteiger partial charge in [-0.05, 0) is 24.1 Å². The summed E-state index contributed by atoms with van der Waals surface area (Å²) in [5, 5.41) is 31.4. The van der Waals surface area contributed by atoms with Crippen molar-refractivity contribution in [3.63, 3.8) is 0 Å². The van der Waals surface area contributed by atoms with Gasteiger partial charge in [0.1, 0.15) is 0 Å². The Kier molecular flexibility index (Phi) is 13.5. The number of carbonyl (C=O) groups is 3. The highest BCUT2D eigenvalue weighted by Crippen LogP contribution is 2.16. The molecule has 37 heavy (non-hydrogen) atoms. The zero-order chi connectivity index (χ0) is 27.2. The molecular formula is C24H36BN4O7S. The van der Waals surface area contributed by atoms with Crippen molar-refractivity contribution in [1.29, 1.82) is 0 Å². The van der Waals surface area contributed by atoms with Gasteiger partial charge in [0.2, 0.25) is 0 Å². The van der Waals surface area contributed by atoms with E-state index >= 15 is 0 Å². The molecule has 1 saturated heterocycles. The van der Waals surface area contributed by atoms with Crippen molar-refractivity contribution in [1.82, 2.24) is 14.7 Å². The van der Waals surface area contributed by atoms with E-state index in [0.29, 0.717) is 50.6 Å². The number of thiocarbonyl (C=S) groups is 1. The molecule has 2 rings (SSSR count). The number of aliphatic carboxylic acids is 3. The van der Waals surface area contributed by atoms with Gasteiger partial charge in [-0.2, -0.15) is 0 Å². The fourth-order valence-electron chi connectivity index (χ4n) is 4.19. The molecular weight excluding hydrogens is 499 g/mol. The number of nitrogens with zero attached hydrogens (tertiary/aromatic N) is 3. The Balaban J connectivity index is 2.25. The molecule has 1 aromatic rings. The van der Waals surface area contributed by atoms with Crippen LogP contribution in [0.3, 0.4) is 0 Å². The molecule has 1 radical (unpaired) electrons. The average molecular weight is 535 g/mol. The van der Waals surface area contributed by atoms with Crippen molar-refractivity contribution in [3.05, 3.63) is 29.8 Å². The highest BCUT2D eigenvalue weighted by atomic mass is 32.1. The first kappa shape index (κ1) is 30.6. The molecule has 4 N–H and O–H groups in total. The fourth-order valence-corrected chi connectivity index (χ4v) is 4.48. The maximum absolute atomic E-state index is 11.7. The van der Waals surface area contributed by atoms with Crippen molar-refractivity contribution in [2.75, 3.05) is 70.9 Å². The van der Waals surface area contributed by atoms with Gasteiger partial charge in [0.05, 0.1) is 32.8 Å². The Morgan fingerprint density at radius 3 is 2.16 bits per heavy atom. The van der Waals surface area contributed by atoms with Crippen LogP contribution in [-0.2, 0) is 25.5 Å². The van der Waals surface area contributed by atoms with E-state index in [2.05, 4.69) is 5.32 Å². The number of rotatable bonds is 11. The summed E-state index contributed by atoms with van der Waals surface area (Å²) in [5.74, 6) is -2.94. The van der Waals surface area contributed by atoms with Crippen LogP contribution in [0, 0.1) is 0 Å². The molecule has 0 aromatic heterocycles. The summed E-state index contributed by atoms with van der Waals surface area (Å²) >= 11 is 5.28. The molecule has 1 aliphatic heterocycles. The first-order valence-electron chi connectivity index (χ1n) is 12.3. The maximum Gasteiger partial charge on any atom is 0.317 e. The van der Waals surface area contributed by atoms with Crippen molar-refractivity contribution < 1.29 is 34.4 Å². The van der Waals surface area contributed by atoms with Crippen LogP contribution in [0.1, 0.15) is 12.5 Å². The van der Waals surface area contributed by atoms with E-state index in [9.17, 15) is 29.7 Å². The molecule has 11 nitrogen and oxygen atoms in total. The van der Waals surface area contributed by atoms with E-state index in [-0.39, 0.29) is 32.3 Å². The highest BCUT2D eigenvalue weighted by molar-refractivity contribution is 7.83. The quantitative estimate of drug-likeness (QED) is 0.233. The van der Waals surface area contributed by atoms with Crippen molar-refractivity contribution in [3.8, 4) is 0 Å². The topological polar surface area (TPSA) is 143 Å². The standard InChI is InChI=1S/C24H36BN4O7S/c1-2-25-24(37)26-19-5-3-18(4-6-19)13-20-14-28(16-22(32)33)8-7-27(15-21(30)31)9-11-36-12-10-29(20)17-23(34)35/h3-6,20H,2,7-17H2,1H3,(H,26,37)(H,30,31)(H,32,33)(H,34,35)/t20-/m0/s1. The second kappa shape index (κ2) is 16.3. The molecule has 0 unspecified atom stereocenters. The van der Waals surface area contributed by atoms with Crippen LogP contribution >= 0.6 is 12.2 Å². The van der Waals surface area contributed by atoms with Crippen LogP contribution in [0.5, 0.6) is 0 Å². The number of hydrogen-bond acceptors (Lipinski definition) is 8. The predicted molar refractivity (Wildman–Crippen MR) is 145 cm³/mol. The molecule has 1 atom stereocenters. The van der Waals surface area contributed by atoms with E-state index in [1.165, 1.54) is 0 Å². The Hall–Kier alpha value is -2.58. The summed E-state index contributed by atoms with van der Waals surface area (Å²) < 4.78 is 5.69. The molecule has 1 heterocycles. The minimum absolute atomic E-state index is 0.168. The summed E-state index contributed by atoms with van der Waals surface area (Å²) in [6, 6.07) is 7.39. The molecule has 13 heteroatoms. The SMILES string of the molecule is CC[B]C(=S)Nc1ccc(C[C@H]2CN(CC(=O)O)CCN(CC(=O)O)CCOCCN2CC(=O)O)cc1. The minimum atomic E-state index is -1.00. The van der Waals surface area contributed by atoms with E-state index in [1.54, 1.807) is 9.80 Å². The van der Waals surface area contributed by atoms with Gasteiger partial charge in [0, 0.05) is 49.3 Å². The molecule has 1 fully saturated rings. The van der Waals surface area contributed by atoms with Gasteiger partial charge in [-0.15, -0.1) is 0 Å². The summed E-state index contributed by atoms with van der Waals surface area (Å²) in [4.78, 5) is 40.4. The summed E-state index contributed by atoms with van der Waals surface area (Å²) in [6.45, 7) is 3.67. The monoisotopic (exact) mass is 535 g/mol. The van der Waals surface area contributed by atoms with Gasteiger partial charge in [-0.3, -0.25) is 29.1 Å². The van der Waals surface area contributed by atoms with Gasteiger partial charge in [-0.1, -0.05) is 37.6 Å². The van der Waals surface area contributed by atoms with Gasteiger partial charge in [0.15, 0.2) is 7.28 Å². The molecule has 203 valence electrons. The molecule has 0 amide bonds. The van der Waals surface area contributed by atoms with Crippen molar-refractivity contribution >= 4 is 48.0 Å². The number of anilines is 1. The molecule has 0 saturated carbocycles. The number of benzene rings is 1. The van der Waals surface area contributed by atoms with Crippen molar-refractivity contribution in [2.24, 2.45) is 0 Å². The molecule has 0 bridgehead atoms. The van der Waals surface area contributed by atoms with E-state index in [4.69, 9.17) is 17.0 Å². The highest BCUT2D eigenvalue weighted by Gasteiger charge is 2.26. The maximum atomic E-state index is 11.7. The molecule has 1 aliphatic rings. The summed E-state index contributed by atoms with van der Waals surface area (Å²) in [7, 11) is 1.91. The van der Waals surface area contributed by atoms with Crippen LogP contribution in [0.2, 0.25) is 6.32 Å². The fraction of sp³-hybridized carbons (Fsp3) is 0.583. The summed E-state index contributed by atoms with van der Waals surface area (Å²) in [5.41, 5.74) is 1.81.